The van der Waals surface area contributed by atoms with E-state index in [-0.39, 0.29) is 5.69 Å². The van der Waals surface area contributed by atoms with Crippen LogP contribution < -0.4 is 10.6 Å². The maximum atomic E-state index is 10.7. The van der Waals surface area contributed by atoms with E-state index in [1.807, 2.05) is 0 Å². The first-order valence-corrected chi connectivity index (χ1v) is 4.28. The molecule has 0 fully saturated rings. The molecule has 0 spiro atoms. The minimum Gasteiger partial charge on any atom is -0.497 e. The molecule has 15 heavy (non-hydrogen) atoms. The van der Waals surface area contributed by atoms with E-state index in [1.165, 1.54) is 25.3 Å². The topological polar surface area (TPSA) is 87.6 Å². The van der Waals surface area contributed by atoms with Crippen LogP contribution in [0.1, 0.15) is 18.6 Å². The Balaban J connectivity index is 3.22. The number of hydrogen-bond acceptors (Lipinski definition) is 5. The Kier molecular flexibility index (Phi) is 3.59. The van der Waals surface area contributed by atoms with E-state index < -0.39 is 11.0 Å². The number of rotatable bonds is 4. The Morgan fingerprint density at radius 1 is 1.53 bits per heavy atom. The van der Waals surface area contributed by atoms with Gasteiger partial charge in [-0.1, -0.05) is 0 Å². The zero-order valence-corrected chi connectivity index (χ0v) is 8.47. The van der Waals surface area contributed by atoms with Gasteiger partial charge in [-0.05, 0) is 19.1 Å². The highest BCUT2D eigenvalue weighted by molar-refractivity contribution is 5.46. The molecule has 0 aromatic heterocycles. The largest absolute Gasteiger partial charge is 0.497 e. The number of benzene rings is 1. The fourth-order valence-electron chi connectivity index (χ4n) is 1.22. The van der Waals surface area contributed by atoms with Gasteiger partial charge in [-0.2, -0.15) is 0 Å². The first kappa shape index (κ1) is 11.4. The van der Waals surface area contributed by atoms with E-state index >= 15 is 0 Å². The normalized spacial score (nSPS) is 12.2. The van der Waals surface area contributed by atoms with E-state index in [0.29, 0.717) is 11.3 Å². The van der Waals surface area contributed by atoms with Gasteiger partial charge in [0.1, 0.15) is 11.9 Å². The predicted molar refractivity (Wildman–Crippen MR) is 53.3 cm³/mol. The monoisotopic (exact) mass is 212 g/mol. The van der Waals surface area contributed by atoms with Gasteiger partial charge in [0.15, 0.2) is 0 Å². The standard InChI is InChI=1S/C9H12N2O4/c1-6(15-10)8-5-7(14-2)3-4-9(8)11(12)13/h3-6H,10H2,1-2H3. The van der Waals surface area contributed by atoms with E-state index in [2.05, 4.69) is 4.84 Å². The average Bonchev–Trinajstić information content (AvgIpc) is 2.26. The van der Waals surface area contributed by atoms with Crippen molar-refractivity contribution >= 4 is 5.69 Å². The second kappa shape index (κ2) is 4.72. The third-order valence-corrected chi connectivity index (χ3v) is 2.07. The number of nitrogens with two attached hydrogens (primary N) is 1. The molecule has 1 rings (SSSR count). The molecule has 0 heterocycles. The molecule has 0 radical (unpaired) electrons. The van der Waals surface area contributed by atoms with Crippen molar-refractivity contribution in [2.75, 3.05) is 7.11 Å². The van der Waals surface area contributed by atoms with Crippen LogP contribution in [0.25, 0.3) is 0 Å². The molecule has 0 saturated carbocycles. The molecular formula is C9H12N2O4. The third-order valence-electron chi connectivity index (χ3n) is 2.07. The third kappa shape index (κ3) is 2.42. The van der Waals surface area contributed by atoms with Gasteiger partial charge in [-0.25, -0.2) is 5.90 Å². The lowest BCUT2D eigenvalue weighted by molar-refractivity contribution is -0.386. The van der Waals surface area contributed by atoms with Crippen LogP contribution in [0, 0.1) is 10.1 Å². The molecule has 1 atom stereocenters. The smallest absolute Gasteiger partial charge is 0.275 e. The van der Waals surface area contributed by atoms with Crippen LogP contribution in [0.5, 0.6) is 5.75 Å². The van der Waals surface area contributed by atoms with E-state index in [1.54, 1.807) is 6.92 Å². The summed E-state index contributed by atoms with van der Waals surface area (Å²) in [7, 11) is 1.49. The molecular weight excluding hydrogens is 200 g/mol. The van der Waals surface area contributed by atoms with Crippen LogP contribution in [0.15, 0.2) is 18.2 Å². The minimum absolute atomic E-state index is 0.0336. The van der Waals surface area contributed by atoms with Crippen molar-refractivity contribution < 1.29 is 14.5 Å². The zero-order valence-electron chi connectivity index (χ0n) is 8.47. The molecule has 0 saturated heterocycles. The quantitative estimate of drug-likeness (QED) is 0.604. The average molecular weight is 212 g/mol. The van der Waals surface area contributed by atoms with Gasteiger partial charge in [0.05, 0.1) is 17.6 Å². The number of nitro groups is 1. The summed E-state index contributed by atoms with van der Waals surface area (Å²) < 4.78 is 4.97. The molecule has 1 unspecified atom stereocenters. The van der Waals surface area contributed by atoms with Gasteiger partial charge in [0.2, 0.25) is 0 Å². The van der Waals surface area contributed by atoms with Crippen LogP contribution in [-0.4, -0.2) is 12.0 Å². The highest BCUT2D eigenvalue weighted by Gasteiger charge is 2.19. The molecule has 0 aliphatic carbocycles. The molecule has 0 aliphatic heterocycles. The summed E-state index contributed by atoms with van der Waals surface area (Å²) in [5, 5.41) is 10.7. The maximum absolute atomic E-state index is 10.7. The summed E-state index contributed by atoms with van der Waals surface area (Å²) in [4.78, 5) is 14.8. The summed E-state index contributed by atoms with van der Waals surface area (Å²) >= 11 is 0. The predicted octanol–water partition coefficient (Wildman–Crippen LogP) is 1.55. The number of nitrogens with zero attached hydrogens (tertiary/aromatic N) is 1. The first-order valence-electron chi connectivity index (χ1n) is 4.28. The Bertz CT molecular complexity index is 367. The maximum Gasteiger partial charge on any atom is 0.275 e. The minimum atomic E-state index is -0.555. The molecule has 0 amide bonds. The fraction of sp³-hybridized carbons (Fsp3) is 0.333. The molecule has 1 aromatic rings. The lowest BCUT2D eigenvalue weighted by Crippen LogP contribution is -2.08. The van der Waals surface area contributed by atoms with E-state index in [9.17, 15) is 10.1 Å². The van der Waals surface area contributed by atoms with Crippen LogP contribution in [0.3, 0.4) is 0 Å². The van der Waals surface area contributed by atoms with Crippen molar-refractivity contribution in [3.05, 3.63) is 33.9 Å². The van der Waals surface area contributed by atoms with Crippen molar-refractivity contribution in [3.8, 4) is 5.75 Å². The summed E-state index contributed by atoms with van der Waals surface area (Å²) in [6.45, 7) is 1.63. The van der Waals surface area contributed by atoms with Crippen molar-refractivity contribution in [3.63, 3.8) is 0 Å². The Morgan fingerprint density at radius 3 is 2.67 bits per heavy atom. The van der Waals surface area contributed by atoms with Crippen molar-refractivity contribution in [1.29, 1.82) is 0 Å². The fourth-order valence-corrected chi connectivity index (χ4v) is 1.22. The summed E-state index contributed by atoms with van der Waals surface area (Å²) in [5.74, 6) is 5.53. The second-order valence-electron chi connectivity index (χ2n) is 2.96. The Hall–Kier alpha value is -1.66. The van der Waals surface area contributed by atoms with Gasteiger partial charge in [-0.3, -0.25) is 15.0 Å². The summed E-state index contributed by atoms with van der Waals surface area (Å²) in [5.41, 5.74) is 0.357. The first-order chi connectivity index (χ1) is 7.10. The SMILES string of the molecule is COc1ccc([N+](=O)[O-])c(C(C)ON)c1. The number of ether oxygens (including phenoxy) is 1. The molecule has 82 valence electrons. The number of hydrogen-bond donors (Lipinski definition) is 1. The van der Waals surface area contributed by atoms with Gasteiger partial charge in [0, 0.05) is 6.07 Å². The van der Waals surface area contributed by atoms with E-state index in [0.717, 1.165) is 0 Å². The second-order valence-corrected chi connectivity index (χ2v) is 2.96. The molecule has 1 aromatic carbocycles. The van der Waals surface area contributed by atoms with Crippen LogP contribution in [0.4, 0.5) is 5.69 Å². The molecule has 0 aliphatic rings. The van der Waals surface area contributed by atoms with Gasteiger partial charge in [0.25, 0.3) is 5.69 Å². The van der Waals surface area contributed by atoms with Gasteiger partial charge < -0.3 is 4.74 Å². The molecule has 2 N–H and O–H groups in total. The lowest BCUT2D eigenvalue weighted by Gasteiger charge is -2.10. The van der Waals surface area contributed by atoms with Crippen LogP contribution >= 0.6 is 0 Å². The van der Waals surface area contributed by atoms with Crippen molar-refractivity contribution in [2.45, 2.75) is 13.0 Å². The number of nitro benzene ring substituents is 1. The Morgan fingerprint density at radius 2 is 2.20 bits per heavy atom. The lowest BCUT2D eigenvalue weighted by atomic mass is 10.1. The van der Waals surface area contributed by atoms with E-state index in [4.69, 9.17) is 10.6 Å². The highest BCUT2D eigenvalue weighted by Crippen LogP contribution is 2.29. The summed E-state index contributed by atoms with van der Waals surface area (Å²) in [6.07, 6.45) is -0.555. The Labute approximate surface area is 86.7 Å². The molecule has 0 bridgehead atoms. The van der Waals surface area contributed by atoms with Crippen molar-refractivity contribution in [1.82, 2.24) is 0 Å². The highest BCUT2D eigenvalue weighted by atomic mass is 16.6. The van der Waals surface area contributed by atoms with Crippen LogP contribution in [-0.2, 0) is 4.84 Å². The van der Waals surface area contributed by atoms with Crippen molar-refractivity contribution in [2.24, 2.45) is 5.90 Å². The zero-order chi connectivity index (χ0) is 11.4. The number of methoxy groups -OCH3 is 1. The van der Waals surface area contributed by atoms with Crippen LogP contribution in [0.2, 0.25) is 0 Å². The summed E-state index contributed by atoms with van der Waals surface area (Å²) in [6, 6.07) is 4.42. The van der Waals surface area contributed by atoms with Gasteiger partial charge in [-0.15, -0.1) is 0 Å². The molecule has 6 nitrogen and oxygen atoms in total. The molecule has 6 heteroatoms. The van der Waals surface area contributed by atoms with Gasteiger partial charge >= 0.3 is 0 Å².